The number of ether oxygens (including phenoxy) is 2. The van der Waals surface area contributed by atoms with E-state index >= 15 is 0 Å². The third-order valence-electron chi connectivity index (χ3n) is 2.61. The fraction of sp³-hybridized carbons (Fsp3) is 0.231. The van der Waals surface area contributed by atoms with E-state index in [4.69, 9.17) is 4.74 Å². The Morgan fingerprint density at radius 3 is 2.39 bits per heavy atom. The quantitative estimate of drug-likeness (QED) is 0.777. The molecule has 0 radical (unpaired) electrons. The lowest BCUT2D eigenvalue weighted by atomic mass is 10.2. The lowest BCUT2D eigenvalue weighted by molar-refractivity contribution is 0.0601. The van der Waals surface area contributed by atoms with Crippen LogP contribution in [-0.2, 0) is 4.74 Å². The van der Waals surface area contributed by atoms with E-state index in [0.717, 1.165) is 11.4 Å². The molecule has 0 fully saturated rings. The summed E-state index contributed by atoms with van der Waals surface area (Å²) in [6.07, 6.45) is 0. The standard InChI is InChI=1S/C13H14N2O3/c1-9-8-12(17-2)14-15(9)11-6-4-10(5-7-11)13(16)18-3/h4-8H,1-3H3. The molecule has 1 aromatic carbocycles. The summed E-state index contributed by atoms with van der Waals surface area (Å²) in [4.78, 5) is 11.3. The van der Waals surface area contributed by atoms with E-state index in [0.29, 0.717) is 11.4 Å². The molecule has 0 bridgehead atoms. The third-order valence-corrected chi connectivity index (χ3v) is 2.61. The number of rotatable bonds is 3. The molecular weight excluding hydrogens is 232 g/mol. The molecule has 1 heterocycles. The first-order chi connectivity index (χ1) is 8.65. The summed E-state index contributed by atoms with van der Waals surface area (Å²) in [7, 11) is 2.94. The normalized spacial score (nSPS) is 10.2. The second kappa shape index (κ2) is 4.91. The average Bonchev–Trinajstić information content (AvgIpc) is 2.79. The van der Waals surface area contributed by atoms with Crippen LogP contribution in [0.3, 0.4) is 0 Å². The van der Waals surface area contributed by atoms with Gasteiger partial charge in [-0.3, -0.25) is 0 Å². The Morgan fingerprint density at radius 1 is 1.22 bits per heavy atom. The SMILES string of the molecule is COC(=O)c1ccc(-n2nc(OC)cc2C)cc1. The van der Waals surface area contributed by atoms with Crippen molar-refractivity contribution in [3.8, 4) is 11.6 Å². The smallest absolute Gasteiger partial charge is 0.337 e. The summed E-state index contributed by atoms with van der Waals surface area (Å²) in [5, 5.41) is 4.27. The van der Waals surface area contributed by atoms with E-state index in [1.165, 1.54) is 7.11 Å². The topological polar surface area (TPSA) is 53.4 Å². The third kappa shape index (κ3) is 2.20. The molecule has 0 saturated heterocycles. The molecule has 18 heavy (non-hydrogen) atoms. The van der Waals surface area contributed by atoms with Gasteiger partial charge in [0, 0.05) is 11.8 Å². The van der Waals surface area contributed by atoms with Crippen molar-refractivity contribution in [2.45, 2.75) is 6.92 Å². The number of aromatic nitrogens is 2. The first-order valence-corrected chi connectivity index (χ1v) is 5.45. The Labute approximate surface area is 105 Å². The van der Waals surface area contributed by atoms with Crippen LogP contribution in [-0.4, -0.2) is 30.0 Å². The number of carbonyl (C=O) groups is 1. The van der Waals surface area contributed by atoms with Crippen LogP contribution in [0.4, 0.5) is 0 Å². The van der Waals surface area contributed by atoms with Crippen molar-refractivity contribution < 1.29 is 14.3 Å². The fourth-order valence-electron chi connectivity index (χ4n) is 1.66. The Bertz CT molecular complexity index is 558. The van der Waals surface area contributed by atoms with Gasteiger partial charge in [0.25, 0.3) is 0 Å². The van der Waals surface area contributed by atoms with E-state index in [-0.39, 0.29) is 5.97 Å². The molecule has 0 aliphatic rings. The van der Waals surface area contributed by atoms with E-state index in [9.17, 15) is 4.79 Å². The minimum atomic E-state index is -0.351. The number of nitrogens with zero attached hydrogens (tertiary/aromatic N) is 2. The predicted octanol–water partition coefficient (Wildman–Crippen LogP) is 1.98. The van der Waals surface area contributed by atoms with Crippen LogP contribution in [0.1, 0.15) is 16.1 Å². The molecule has 0 spiro atoms. The van der Waals surface area contributed by atoms with Crippen LogP contribution >= 0.6 is 0 Å². The van der Waals surface area contributed by atoms with Gasteiger partial charge in [-0.25, -0.2) is 9.48 Å². The van der Waals surface area contributed by atoms with Crippen LogP contribution in [0.5, 0.6) is 5.88 Å². The highest BCUT2D eigenvalue weighted by molar-refractivity contribution is 5.89. The zero-order valence-electron chi connectivity index (χ0n) is 10.5. The Kier molecular flexibility index (Phi) is 3.32. The zero-order valence-corrected chi connectivity index (χ0v) is 10.5. The molecule has 0 aliphatic carbocycles. The average molecular weight is 246 g/mol. The molecule has 1 aromatic heterocycles. The van der Waals surface area contributed by atoms with Gasteiger partial charge < -0.3 is 9.47 Å². The van der Waals surface area contributed by atoms with Gasteiger partial charge in [-0.2, -0.15) is 0 Å². The van der Waals surface area contributed by atoms with Crippen LogP contribution in [0.2, 0.25) is 0 Å². The first kappa shape index (κ1) is 12.2. The monoisotopic (exact) mass is 246 g/mol. The second-order valence-corrected chi connectivity index (χ2v) is 3.78. The Hall–Kier alpha value is -2.30. The number of carbonyl (C=O) groups excluding carboxylic acids is 1. The number of esters is 1. The minimum Gasteiger partial charge on any atom is -0.480 e. The maximum absolute atomic E-state index is 11.3. The fourth-order valence-corrected chi connectivity index (χ4v) is 1.66. The maximum atomic E-state index is 11.3. The van der Waals surface area contributed by atoms with Gasteiger partial charge in [0.15, 0.2) is 0 Å². The number of methoxy groups -OCH3 is 2. The van der Waals surface area contributed by atoms with E-state index in [2.05, 4.69) is 9.84 Å². The van der Waals surface area contributed by atoms with Gasteiger partial charge in [-0.1, -0.05) is 0 Å². The van der Waals surface area contributed by atoms with Crippen molar-refractivity contribution in [3.05, 3.63) is 41.6 Å². The molecule has 0 unspecified atom stereocenters. The highest BCUT2D eigenvalue weighted by Gasteiger charge is 2.08. The molecule has 0 N–H and O–H groups in total. The van der Waals surface area contributed by atoms with E-state index < -0.39 is 0 Å². The van der Waals surface area contributed by atoms with E-state index in [1.807, 2.05) is 25.1 Å². The molecule has 2 rings (SSSR count). The summed E-state index contributed by atoms with van der Waals surface area (Å²) in [6, 6.07) is 8.87. The van der Waals surface area contributed by atoms with Crippen molar-refractivity contribution in [1.29, 1.82) is 0 Å². The molecule has 0 amide bonds. The van der Waals surface area contributed by atoms with Crippen LogP contribution in [0.15, 0.2) is 30.3 Å². The number of aryl methyl sites for hydroxylation is 1. The number of benzene rings is 1. The summed E-state index contributed by atoms with van der Waals surface area (Å²) < 4.78 is 11.5. The van der Waals surface area contributed by atoms with Gasteiger partial charge in [-0.05, 0) is 31.2 Å². The Balaban J connectivity index is 2.34. The highest BCUT2D eigenvalue weighted by Crippen LogP contribution is 2.17. The summed E-state index contributed by atoms with van der Waals surface area (Å²) in [5.74, 6) is 0.209. The van der Waals surface area contributed by atoms with Gasteiger partial charge in [0.2, 0.25) is 5.88 Å². The second-order valence-electron chi connectivity index (χ2n) is 3.78. The molecule has 5 nitrogen and oxygen atoms in total. The first-order valence-electron chi connectivity index (χ1n) is 5.45. The van der Waals surface area contributed by atoms with Crippen molar-refractivity contribution in [3.63, 3.8) is 0 Å². The van der Waals surface area contributed by atoms with Crippen molar-refractivity contribution in [1.82, 2.24) is 9.78 Å². The van der Waals surface area contributed by atoms with Gasteiger partial charge in [0.05, 0.1) is 25.5 Å². The summed E-state index contributed by atoms with van der Waals surface area (Å²) in [6.45, 7) is 1.93. The molecule has 5 heteroatoms. The lowest BCUT2D eigenvalue weighted by Crippen LogP contribution is -2.03. The number of hydrogen-bond acceptors (Lipinski definition) is 4. The summed E-state index contributed by atoms with van der Waals surface area (Å²) in [5.41, 5.74) is 2.33. The van der Waals surface area contributed by atoms with Crippen molar-refractivity contribution in [2.24, 2.45) is 0 Å². The molecule has 2 aromatic rings. The molecular formula is C13H14N2O3. The van der Waals surface area contributed by atoms with Crippen molar-refractivity contribution in [2.75, 3.05) is 14.2 Å². The molecule has 0 aliphatic heterocycles. The van der Waals surface area contributed by atoms with Crippen LogP contribution in [0.25, 0.3) is 5.69 Å². The van der Waals surface area contributed by atoms with E-state index in [1.54, 1.807) is 23.9 Å². The van der Waals surface area contributed by atoms with Crippen LogP contribution in [0, 0.1) is 6.92 Å². The predicted molar refractivity (Wildman–Crippen MR) is 66.2 cm³/mol. The molecule has 94 valence electrons. The minimum absolute atomic E-state index is 0.351. The number of hydrogen-bond donors (Lipinski definition) is 0. The van der Waals surface area contributed by atoms with Gasteiger partial charge in [-0.15, -0.1) is 5.10 Å². The molecule has 0 saturated carbocycles. The largest absolute Gasteiger partial charge is 0.480 e. The van der Waals surface area contributed by atoms with Crippen LogP contribution < -0.4 is 4.74 Å². The van der Waals surface area contributed by atoms with Crippen molar-refractivity contribution >= 4 is 5.97 Å². The lowest BCUT2D eigenvalue weighted by Gasteiger charge is -2.05. The Morgan fingerprint density at radius 2 is 1.89 bits per heavy atom. The summed E-state index contributed by atoms with van der Waals surface area (Å²) >= 11 is 0. The zero-order chi connectivity index (χ0) is 13.1. The van der Waals surface area contributed by atoms with Gasteiger partial charge in [0.1, 0.15) is 0 Å². The highest BCUT2D eigenvalue weighted by atomic mass is 16.5. The maximum Gasteiger partial charge on any atom is 0.337 e. The molecule has 0 atom stereocenters. The van der Waals surface area contributed by atoms with Gasteiger partial charge >= 0.3 is 5.97 Å².